The predicted octanol–water partition coefficient (Wildman–Crippen LogP) is 1.59. The minimum Gasteiger partial charge on any atom is -0.367 e. The average molecular weight is 261 g/mol. The van der Waals surface area contributed by atoms with Gasteiger partial charge in [0.25, 0.3) is 0 Å². The van der Waals surface area contributed by atoms with Crippen LogP contribution in [0.1, 0.15) is 26.3 Å². The minimum atomic E-state index is -0.128. The van der Waals surface area contributed by atoms with Gasteiger partial charge in [-0.15, -0.1) is 0 Å². The molecule has 1 aromatic rings. The second kappa shape index (κ2) is 5.21. The van der Waals surface area contributed by atoms with Gasteiger partial charge in [-0.1, -0.05) is 12.1 Å². The fraction of sp³-hybridized carbons (Fsp3) is 0.533. The first-order chi connectivity index (χ1) is 8.94. The summed E-state index contributed by atoms with van der Waals surface area (Å²) < 4.78 is 0. The molecule has 1 fully saturated rings. The zero-order chi connectivity index (χ0) is 14.0. The molecule has 0 bridgehead atoms. The molecule has 0 atom stereocenters. The molecule has 0 unspecified atom stereocenters. The van der Waals surface area contributed by atoms with E-state index in [-0.39, 0.29) is 11.4 Å². The van der Waals surface area contributed by atoms with E-state index in [9.17, 15) is 4.79 Å². The molecule has 1 heterocycles. The molecule has 1 saturated heterocycles. The topological polar surface area (TPSA) is 49.6 Å². The van der Waals surface area contributed by atoms with E-state index in [1.54, 1.807) is 6.92 Å². The first-order valence-electron chi connectivity index (χ1n) is 6.76. The Morgan fingerprint density at radius 3 is 2.37 bits per heavy atom. The van der Waals surface area contributed by atoms with Crippen LogP contribution in [0.25, 0.3) is 0 Å². The Kier molecular flexibility index (Phi) is 3.80. The number of nitrogens with two attached hydrogens (primary N) is 1. The van der Waals surface area contributed by atoms with E-state index < -0.39 is 0 Å². The molecule has 0 saturated carbocycles. The number of carbonyl (C=O) groups excluding carboxylic acids is 1. The van der Waals surface area contributed by atoms with Gasteiger partial charge in [-0.3, -0.25) is 4.79 Å². The number of carbonyl (C=O) groups is 1. The van der Waals surface area contributed by atoms with E-state index in [1.165, 1.54) is 5.69 Å². The van der Waals surface area contributed by atoms with E-state index in [4.69, 9.17) is 5.73 Å². The number of hydrogen-bond acceptors (Lipinski definition) is 3. The average Bonchev–Trinajstić information content (AvgIpc) is 2.37. The zero-order valence-electron chi connectivity index (χ0n) is 12.0. The highest BCUT2D eigenvalue weighted by Crippen LogP contribution is 2.25. The quantitative estimate of drug-likeness (QED) is 0.879. The molecule has 1 aliphatic rings. The third-order valence-corrected chi connectivity index (χ3v) is 3.82. The van der Waals surface area contributed by atoms with Gasteiger partial charge in [0.05, 0.1) is 5.54 Å². The SMILES string of the molecule is CC(=O)N1CCN(c2ccc(CN)cc2)CC1(C)C. The van der Waals surface area contributed by atoms with Gasteiger partial charge in [-0.05, 0) is 31.5 Å². The number of amides is 1. The fourth-order valence-electron chi connectivity index (χ4n) is 2.80. The summed E-state index contributed by atoms with van der Waals surface area (Å²) in [5.41, 5.74) is 7.83. The molecule has 2 rings (SSSR count). The highest BCUT2D eigenvalue weighted by Gasteiger charge is 2.35. The van der Waals surface area contributed by atoms with Crippen molar-refractivity contribution in [2.75, 3.05) is 24.5 Å². The van der Waals surface area contributed by atoms with Crippen LogP contribution in [-0.4, -0.2) is 36.0 Å². The number of hydrogen-bond donors (Lipinski definition) is 1. The number of nitrogens with zero attached hydrogens (tertiary/aromatic N) is 2. The summed E-state index contributed by atoms with van der Waals surface area (Å²) in [6.45, 7) is 8.97. The van der Waals surface area contributed by atoms with Crippen LogP contribution in [-0.2, 0) is 11.3 Å². The maximum atomic E-state index is 11.6. The molecule has 0 radical (unpaired) electrons. The largest absolute Gasteiger partial charge is 0.367 e. The van der Waals surface area contributed by atoms with Crippen LogP contribution in [0.2, 0.25) is 0 Å². The van der Waals surface area contributed by atoms with Crippen molar-refractivity contribution in [2.45, 2.75) is 32.9 Å². The summed E-state index contributed by atoms with van der Waals surface area (Å²) in [6, 6.07) is 8.36. The fourth-order valence-corrected chi connectivity index (χ4v) is 2.80. The van der Waals surface area contributed by atoms with Gasteiger partial charge in [0.15, 0.2) is 0 Å². The van der Waals surface area contributed by atoms with Gasteiger partial charge < -0.3 is 15.5 Å². The summed E-state index contributed by atoms with van der Waals surface area (Å²) in [5, 5.41) is 0. The molecular weight excluding hydrogens is 238 g/mol. The van der Waals surface area contributed by atoms with Crippen molar-refractivity contribution in [1.29, 1.82) is 0 Å². The van der Waals surface area contributed by atoms with Crippen LogP contribution >= 0.6 is 0 Å². The Labute approximate surface area is 115 Å². The molecule has 0 spiro atoms. The van der Waals surface area contributed by atoms with E-state index in [0.717, 1.165) is 25.2 Å². The third kappa shape index (κ3) is 2.89. The first kappa shape index (κ1) is 13.9. The second-order valence-electron chi connectivity index (χ2n) is 5.78. The predicted molar refractivity (Wildman–Crippen MR) is 78.0 cm³/mol. The Balaban J connectivity index is 2.13. The molecule has 1 amide bonds. The monoisotopic (exact) mass is 261 g/mol. The van der Waals surface area contributed by atoms with Crippen LogP contribution in [0.4, 0.5) is 5.69 Å². The van der Waals surface area contributed by atoms with E-state index in [1.807, 2.05) is 4.90 Å². The van der Waals surface area contributed by atoms with Gasteiger partial charge in [0, 0.05) is 38.8 Å². The molecule has 2 N–H and O–H groups in total. The highest BCUT2D eigenvalue weighted by molar-refractivity contribution is 5.74. The maximum Gasteiger partial charge on any atom is 0.220 e. The Bertz CT molecular complexity index is 453. The van der Waals surface area contributed by atoms with Crippen molar-refractivity contribution < 1.29 is 4.79 Å². The van der Waals surface area contributed by atoms with Gasteiger partial charge in [0.2, 0.25) is 5.91 Å². The van der Waals surface area contributed by atoms with Crippen molar-refractivity contribution in [3.05, 3.63) is 29.8 Å². The summed E-state index contributed by atoms with van der Waals surface area (Å²) >= 11 is 0. The molecule has 0 aromatic heterocycles. The molecule has 19 heavy (non-hydrogen) atoms. The van der Waals surface area contributed by atoms with Crippen LogP contribution < -0.4 is 10.6 Å². The highest BCUT2D eigenvalue weighted by atomic mass is 16.2. The van der Waals surface area contributed by atoms with Crippen LogP contribution in [0.3, 0.4) is 0 Å². The Morgan fingerprint density at radius 1 is 1.26 bits per heavy atom. The molecule has 1 aromatic carbocycles. The van der Waals surface area contributed by atoms with Crippen molar-refractivity contribution >= 4 is 11.6 Å². The normalized spacial score (nSPS) is 18.5. The lowest BCUT2D eigenvalue weighted by molar-refractivity contribution is -0.134. The summed E-state index contributed by atoms with van der Waals surface area (Å²) in [7, 11) is 0. The first-order valence-corrected chi connectivity index (χ1v) is 6.76. The van der Waals surface area contributed by atoms with Crippen LogP contribution in [0.5, 0.6) is 0 Å². The van der Waals surface area contributed by atoms with Crippen molar-refractivity contribution in [1.82, 2.24) is 4.90 Å². The van der Waals surface area contributed by atoms with Crippen molar-refractivity contribution in [3.63, 3.8) is 0 Å². The van der Waals surface area contributed by atoms with E-state index in [2.05, 4.69) is 43.0 Å². The molecule has 4 heteroatoms. The van der Waals surface area contributed by atoms with Crippen molar-refractivity contribution in [2.24, 2.45) is 5.73 Å². The standard InChI is InChI=1S/C15H23N3O/c1-12(19)18-9-8-17(11-15(18,2)3)14-6-4-13(10-16)5-7-14/h4-7H,8-11,16H2,1-3H3. The number of rotatable bonds is 2. The lowest BCUT2D eigenvalue weighted by Gasteiger charge is -2.47. The van der Waals surface area contributed by atoms with Gasteiger partial charge in [0.1, 0.15) is 0 Å². The Hall–Kier alpha value is -1.55. The molecule has 0 aliphatic carbocycles. The lowest BCUT2D eigenvalue weighted by atomic mass is 9.98. The minimum absolute atomic E-state index is 0.128. The summed E-state index contributed by atoms with van der Waals surface area (Å²) in [6.07, 6.45) is 0. The maximum absolute atomic E-state index is 11.6. The zero-order valence-corrected chi connectivity index (χ0v) is 12.0. The van der Waals surface area contributed by atoms with Crippen LogP contribution in [0, 0.1) is 0 Å². The molecule has 4 nitrogen and oxygen atoms in total. The molecular formula is C15H23N3O. The molecule has 1 aliphatic heterocycles. The van der Waals surface area contributed by atoms with Gasteiger partial charge in [-0.2, -0.15) is 0 Å². The lowest BCUT2D eigenvalue weighted by Crippen LogP contribution is -2.60. The second-order valence-corrected chi connectivity index (χ2v) is 5.78. The van der Waals surface area contributed by atoms with Crippen LogP contribution in [0.15, 0.2) is 24.3 Å². The number of benzene rings is 1. The molecule has 104 valence electrons. The Morgan fingerprint density at radius 2 is 1.89 bits per heavy atom. The van der Waals surface area contributed by atoms with Gasteiger partial charge in [-0.25, -0.2) is 0 Å². The third-order valence-electron chi connectivity index (χ3n) is 3.82. The summed E-state index contributed by atoms with van der Waals surface area (Å²) in [5.74, 6) is 0.156. The van der Waals surface area contributed by atoms with Crippen molar-refractivity contribution in [3.8, 4) is 0 Å². The summed E-state index contributed by atoms with van der Waals surface area (Å²) in [4.78, 5) is 15.9. The van der Waals surface area contributed by atoms with E-state index in [0.29, 0.717) is 6.54 Å². The van der Waals surface area contributed by atoms with E-state index >= 15 is 0 Å². The number of piperazine rings is 1. The smallest absolute Gasteiger partial charge is 0.220 e. The van der Waals surface area contributed by atoms with Gasteiger partial charge >= 0.3 is 0 Å². The number of anilines is 1.